The SMILES string of the molecule is C=C(/C=C\CCCC)NC(=O)OCc1ccccc1. The molecule has 0 bridgehead atoms. The van der Waals surface area contributed by atoms with E-state index in [1.54, 1.807) is 6.08 Å². The minimum Gasteiger partial charge on any atom is -0.444 e. The zero-order valence-electron chi connectivity index (χ0n) is 11.4. The maximum atomic E-state index is 11.5. The summed E-state index contributed by atoms with van der Waals surface area (Å²) in [7, 11) is 0. The summed E-state index contributed by atoms with van der Waals surface area (Å²) in [6, 6.07) is 9.56. The molecule has 19 heavy (non-hydrogen) atoms. The molecular weight excluding hydrogens is 238 g/mol. The summed E-state index contributed by atoms with van der Waals surface area (Å²) in [4.78, 5) is 11.5. The Balaban J connectivity index is 2.23. The molecule has 0 unspecified atom stereocenters. The summed E-state index contributed by atoms with van der Waals surface area (Å²) in [5.74, 6) is 0. The monoisotopic (exact) mass is 259 g/mol. The molecule has 0 aliphatic heterocycles. The Morgan fingerprint density at radius 1 is 1.37 bits per heavy atom. The Labute approximate surface area is 115 Å². The largest absolute Gasteiger partial charge is 0.444 e. The number of rotatable bonds is 7. The van der Waals surface area contributed by atoms with Crippen LogP contribution in [0.5, 0.6) is 0 Å². The molecule has 1 amide bonds. The number of nitrogens with one attached hydrogen (secondary N) is 1. The lowest BCUT2D eigenvalue weighted by molar-refractivity contribution is 0.143. The lowest BCUT2D eigenvalue weighted by Gasteiger charge is -2.06. The summed E-state index contributed by atoms with van der Waals surface area (Å²) in [5.41, 5.74) is 1.51. The second-order valence-corrected chi connectivity index (χ2v) is 4.26. The van der Waals surface area contributed by atoms with Crippen molar-refractivity contribution < 1.29 is 9.53 Å². The van der Waals surface area contributed by atoms with Crippen LogP contribution in [0.25, 0.3) is 0 Å². The van der Waals surface area contributed by atoms with Gasteiger partial charge in [-0.15, -0.1) is 0 Å². The predicted molar refractivity (Wildman–Crippen MR) is 77.6 cm³/mol. The number of unbranched alkanes of at least 4 members (excludes halogenated alkanes) is 2. The maximum Gasteiger partial charge on any atom is 0.411 e. The van der Waals surface area contributed by atoms with E-state index in [0.29, 0.717) is 5.70 Å². The first-order valence-corrected chi connectivity index (χ1v) is 6.55. The molecule has 1 N–H and O–H groups in total. The highest BCUT2D eigenvalue weighted by Gasteiger charge is 2.02. The van der Waals surface area contributed by atoms with Crippen LogP contribution in [-0.4, -0.2) is 6.09 Å². The van der Waals surface area contributed by atoms with E-state index >= 15 is 0 Å². The summed E-state index contributed by atoms with van der Waals surface area (Å²) in [6.45, 7) is 6.15. The van der Waals surface area contributed by atoms with Crippen LogP contribution in [-0.2, 0) is 11.3 Å². The van der Waals surface area contributed by atoms with Crippen LogP contribution in [0, 0.1) is 0 Å². The molecule has 3 nitrogen and oxygen atoms in total. The van der Waals surface area contributed by atoms with Crippen LogP contribution in [0.15, 0.2) is 54.8 Å². The topological polar surface area (TPSA) is 38.3 Å². The number of carbonyl (C=O) groups excluding carboxylic acids is 1. The van der Waals surface area contributed by atoms with Gasteiger partial charge in [0.25, 0.3) is 0 Å². The van der Waals surface area contributed by atoms with E-state index in [1.807, 2.05) is 36.4 Å². The molecule has 1 rings (SSSR count). The molecule has 0 saturated heterocycles. The number of hydrogen-bond acceptors (Lipinski definition) is 2. The van der Waals surface area contributed by atoms with Crippen molar-refractivity contribution in [2.45, 2.75) is 32.8 Å². The molecule has 0 fully saturated rings. The standard InChI is InChI=1S/C16H21NO2/c1-3-4-5-7-10-14(2)17-16(18)19-13-15-11-8-6-9-12-15/h6-12H,2-5,13H2,1H3,(H,17,18)/b10-7-. The normalized spacial score (nSPS) is 10.4. The number of amides is 1. The first kappa shape index (κ1) is 15.0. The van der Waals surface area contributed by atoms with Crippen molar-refractivity contribution >= 4 is 6.09 Å². The summed E-state index contributed by atoms with van der Waals surface area (Å²) < 4.78 is 5.08. The summed E-state index contributed by atoms with van der Waals surface area (Å²) in [6.07, 6.45) is 6.62. The molecule has 0 radical (unpaired) electrons. The minimum absolute atomic E-state index is 0.263. The van der Waals surface area contributed by atoms with Gasteiger partial charge in [-0.3, -0.25) is 5.32 Å². The van der Waals surface area contributed by atoms with E-state index in [-0.39, 0.29) is 6.61 Å². The van der Waals surface area contributed by atoms with Crippen molar-refractivity contribution in [1.29, 1.82) is 0 Å². The van der Waals surface area contributed by atoms with Gasteiger partial charge in [0.1, 0.15) is 6.61 Å². The highest BCUT2D eigenvalue weighted by atomic mass is 16.5. The number of allylic oxidation sites excluding steroid dienone is 2. The molecule has 102 valence electrons. The number of carbonyl (C=O) groups is 1. The summed E-state index contributed by atoms with van der Waals surface area (Å²) >= 11 is 0. The van der Waals surface area contributed by atoms with Gasteiger partial charge in [-0.2, -0.15) is 0 Å². The van der Waals surface area contributed by atoms with Crippen LogP contribution in [0.4, 0.5) is 4.79 Å². The zero-order valence-corrected chi connectivity index (χ0v) is 11.4. The van der Waals surface area contributed by atoms with Crippen LogP contribution in [0.1, 0.15) is 31.7 Å². The molecule has 0 heterocycles. The number of alkyl carbamates (subject to hydrolysis) is 1. The van der Waals surface area contributed by atoms with E-state index in [0.717, 1.165) is 24.8 Å². The third-order valence-corrected chi connectivity index (χ3v) is 2.52. The van der Waals surface area contributed by atoms with Crippen LogP contribution >= 0.6 is 0 Å². The molecule has 1 aromatic carbocycles. The van der Waals surface area contributed by atoms with E-state index in [1.165, 1.54) is 0 Å². The molecule has 0 aliphatic carbocycles. The molecule has 0 saturated carbocycles. The van der Waals surface area contributed by atoms with Crippen molar-refractivity contribution in [3.63, 3.8) is 0 Å². The smallest absolute Gasteiger partial charge is 0.411 e. The van der Waals surface area contributed by atoms with Crippen molar-refractivity contribution in [2.24, 2.45) is 0 Å². The van der Waals surface area contributed by atoms with Crippen molar-refractivity contribution in [1.82, 2.24) is 5.32 Å². The fourth-order valence-corrected chi connectivity index (χ4v) is 1.48. The first-order valence-electron chi connectivity index (χ1n) is 6.55. The molecule has 0 spiro atoms. The molecule has 3 heteroatoms. The number of hydrogen-bond donors (Lipinski definition) is 1. The lowest BCUT2D eigenvalue weighted by atomic mass is 10.2. The highest BCUT2D eigenvalue weighted by Crippen LogP contribution is 2.01. The second-order valence-electron chi connectivity index (χ2n) is 4.26. The van der Waals surface area contributed by atoms with Gasteiger partial charge in [0.2, 0.25) is 0 Å². The quantitative estimate of drug-likeness (QED) is 0.589. The third-order valence-electron chi connectivity index (χ3n) is 2.52. The van der Waals surface area contributed by atoms with E-state index in [4.69, 9.17) is 4.74 Å². The third kappa shape index (κ3) is 7.09. The van der Waals surface area contributed by atoms with Gasteiger partial charge < -0.3 is 4.74 Å². The van der Waals surface area contributed by atoms with Crippen LogP contribution in [0.3, 0.4) is 0 Å². The Hall–Kier alpha value is -2.03. The molecule has 0 atom stereocenters. The van der Waals surface area contributed by atoms with Gasteiger partial charge in [-0.05, 0) is 18.1 Å². The Bertz CT molecular complexity index is 424. The van der Waals surface area contributed by atoms with Gasteiger partial charge in [0, 0.05) is 5.70 Å². The minimum atomic E-state index is -0.478. The Morgan fingerprint density at radius 3 is 2.79 bits per heavy atom. The van der Waals surface area contributed by atoms with Crippen LogP contribution in [0.2, 0.25) is 0 Å². The van der Waals surface area contributed by atoms with E-state index in [2.05, 4.69) is 18.8 Å². The van der Waals surface area contributed by atoms with E-state index < -0.39 is 6.09 Å². The van der Waals surface area contributed by atoms with Crippen LogP contribution < -0.4 is 5.32 Å². The average Bonchev–Trinajstić information content (AvgIpc) is 2.42. The predicted octanol–water partition coefficient (Wildman–Crippen LogP) is 4.17. The van der Waals surface area contributed by atoms with Crippen molar-refractivity contribution in [3.8, 4) is 0 Å². The fraction of sp³-hybridized carbons (Fsp3) is 0.312. The summed E-state index contributed by atoms with van der Waals surface area (Å²) in [5, 5.41) is 2.58. The molecule has 0 aliphatic rings. The van der Waals surface area contributed by atoms with Gasteiger partial charge >= 0.3 is 6.09 Å². The maximum absolute atomic E-state index is 11.5. The van der Waals surface area contributed by atoms with Gasteiger partial charge in [-0.1, -0.05) is 62.8 Å². The molecular formula is C16H21NO2. The fourth-order valence-electron chi connectivity index (χ4n) is 1.48. The molecule has 1 aromatic rings. The van der Waals surface area contributed by atoms with Gasteiger partial charge in [-0.25, -0.2) is 4.79 Å². The van der Waals surface area contributed by atoms with Crippen molar-refractivity contribution in [2.75, 3.05) is 0 Å². The van der Waals surface area contributed by atoms with Gasteiger partial charge in [0.05, 0.1) is 0 Å². The second kappa shape index (κ2) is 8.97. The number of ether oxygens (including phenoxy) is 1. The molecule has 0 aromatic heterocycles. The lowest BCUT2D eigenvalue weighted by Crippen LogP contribution is -2.22. The highest BCUT2D eigenvalue weighted by molar-refractivity contribution is 5.70. The zero-order chi connectivity index (χ0) is 13.9. The first-order chi connectivity index (χ1) is 9.22. The Morgan fingerprint density at radius 2 is 2.11 bits per heavy atom. The van der Waals surface area contributed by atoms with Crippen molar-refractivity contribution in [3.05, 3.63) is 60.3 Å². The average molecular weight is 259 g/mol. The Kier molecular flexibility index (Phi) is 7.10. The van der Waals surface area contributed by atoms with E-state index in [9.17, 15) is 4.79 Å². The van der Waals surface area contributed by atoms with Gasteiger partial charge in [0.15, 0.2) is 0 Å². The number of benzene rings is 1.